The van der Waals surface area contributed by atoms with Crippen LogP contribution in [0.4, 0.5) is 0 Å². The summed E-state index contributed by atoms with van der Waals surface area (Å²) in [5, 5.41) is 64.0. The van der Waals surface area contributed by atoms with Crippen molar-refractivity contribution in [1.29, 1.82) is 0 Å². The molecule has 0 saturated carbocycles. The van der Waals surface area contributed by atoms with Crippen LogP contribution in [0.3, 0.4) is 0 Å². The Kier molecular flexibility index (Phi) is 38.5. The molecule has 1 saturated heterocycles. The number of primary amides is 1. The number of aromatic hydroxyl groups is 1. The number of carbonyl (C=O) groups excluding carboxylic acids is 12. The van der Waals surface area contributed by atoms with Gasteiger partial charge in [0.1, 0.15) is 71.9 Å². The predicted molar refractivity (Wildman–Crippen MR) is 386 cm³/mol. The number of aliphatic hydroxyl groups is 1. The molecule has 0 radical (unpaired) electrons. The Morgan fingerprint density at radius 3 is 1.70 bits per heavy atom. The molecule has 5 rings (SSSR count). The number of hydrogen-bond acceptors (Lipinski definition) is 18. The van der Waals surface area contributed by atoms with Crippen LogP contribution < -0.4 is 64.1 Å². The van der Waals surface area contributed by atoms with E-state index in [0.717, 1.165) is 43.9 Å². The lowest BCUT2D eigenvalue weighted by molar-refractivity contribution is -0.144. The normalized spacial score (nSPS) is 21.6. The first kappa shape index (κ1) is 88.1. The van der Waals surface area contributed by atoms with E-state index >= 15 is 0 Å². The zero-order valence-corrected chi connectivity index (χ0v) is 61.8. The number of hydrogen-bond donors (Lipinski definition) is 15. The van der Waals surface area contributed by atoms with Crippen LogP contribution in [0.2, 0.25) is 0 Å². The van der Waals surface area contributed by atoms with Crippen molar-refractivity contribution in [2.24, 2.45) is 29.2 Å². The van der Waals surface area contributed by atoms with Gasteiger partial charge in [-0.2, -0.15) is 0 Å². The Balaban J connectivity index is 1.77. The van der Waals surface area contributed by atoms with E-state index in [0.29, 0.717) is 24.3 Å². The number of phenols is 1. The summed E-state index contributed by atoms with van der Waals surface area (Å²) in [5.74, 6) is -14.8. The number of benzene rings is 2. The van der Waals surface area contributed by atoms with Gasteiger partial charge in [-0.25, -0.2) is 4.79 Å². The smallest absolute Gasteiger partial charge is 0.334 e. The first-order chi connectivity index (χ1) is 49.8. The van der Waals surface area contributed by atoms with Crippen molar-refractivity contribution in [3.05, 3.63) is 59.7 Å². The number of unbranched alkanes of at least 4 members (excludes halogenated alkanes) is 9. The number of esters is 1. The van der Waals surface area contributed by atoms with Crippen LogP contribution in [0, 0.1) is 17.8 Å². The number of nitrogens with two attached hydrogens (primary N) is 2. The highest BCUT2D eigenvalue weighted by Crippen LogP contribution is 2.24. The van der Waals surface area contributed by atoms with E-state index in [1.807, 2.05) is 0 Å². The fraction of sp³-hybridized carbons (Fsp3) is 0.649. The van der Waals surface area contributed by atoms with Crippen LogP contribution in [-0.4, -0.2) is 188 Å². The molecule has 31 nitrogen and oxygen atoms in total. The molecule has 5 unspecified atom stereocenters. The van der Waals surface area contributed by atoms with Crippen molar-refractivity contribution in [3.8, 4) is 11.5 Å². The largest absolute Gasteiger partial charge is 0.508 e. The number of rotatable bonds is 36. The molecular formula is C74H114N12O19. The fourth-order valence-electron chi connectivity index (χ4n) is 12.3. The molecule has 0 aliphatic carbocycles. The van der Waals surface area contributed by atoms with Crippen LogP contribution in [0.1, 0.15) is 207 Å². The molecule has 12 atom stereocenters. The Bertz CT molecular complexity index is 3220. The molecule has 2 bridgehead atoms. The Labute approximate surface area is 614 Å². The maximum atomic E-state index is 14.9. The number of aliphatic hydroxyl groups excluding tert-OH is 1. The van der Waals surface area contributed by atoms with Crippen molar-refractivity contribution < 1.29 is 92.3 Å². The minimum Gasteiger partial charge on any atom is -0.508 e. The molecule has 31 heteroatoms. The van der Waals surface area contributed by atoms with Gasteiger partial charge in [0.15, 0.2) is 0 Å². The average Bonchev–Trinajstić information content (AvgIpc) is 1.72. The Morgan fingerprint density at radius 2 is 1.12 bits per heavy atom. The monoisotopic (exact) mass is 1470 g/mol. The Morgan fingerprint density at radius 1 is 0.581 bits per heavy atom. The Hall–Kier alpha value is -9.26. The predicted octanol–water partition coefficient (Wildman–Crippen LogP) is 2.60. The van der Waals surface area contributed by atoms with Gasteiger partial charge in [0, 0.05) is 45.1 Å². The van der Waals surface area contributed by atoms with E-state index in [1.54, 1.807) is 27.7 Å². The topological polar surface area (TPSA) is 493 Å². The van der Waals surface area contributed by atoms with Crippen molar-refractivity contribution in [1.82, 2.24) is 52.8 Å². The minimum absolute atomic E-state index is 0.00620. The van der Waals surface area contributed by atoms with Crippen LogP contribution in [0.15, 0.2) is 48.5 Å². The van der Waals surface area contributed by atoms with E-state index in [9.17, 15) is 87.5 Å². The van der Waals surface area contributed by atoms with Crippen molar-refractivity contribution >= 4 is 82.9 Å². The minimum atomic E-state index is -1.97. The molecule has 11 amide bonds. The fourth-order valence-corrected chi connectivity index (χ4v) is 12.3. The standard InChI is InChI=1S/C74H114N12O19/c1-8-45(6)63-74(104)105-50-31-27-48(28-32-50)42-56(81-65(95)51(22-19-39-75)78-66(96)52(34-37-60(91)92)77-59(90)24-18-16-14-12-10-9-11-13-15-17-21-43(2)3)70(100)85-64(46(7)87)72(102)80-54(35-38-61(93)94)68(98)83-62(44(4)5)73(103)86-40-20-23-57(86)71(101)79-53(33-36-58(76)89)67(97)82-55(69(99)84-63)41-47-25-29-49(88)30-26-47/h25-32,43-46,51-57,62-64,87-88H,8-24,33-42,75H2,1-7H3,(H2,76,89)(H,77,90)(H,78,96)(H,79,101)(H,80,102)(H,81,95)(H,82,97)(H,83,98)(H,84,99)(H,85,100)(H,91,92)(H,93,94)/t45?,46?,51?,52-,53-,54?,55-,56-,57+,62+,63-,64?/m1/s1. The third-order valence-corrected chi connectivity index (χ3v) is 18.8. The second-order valence-electron chi connectivity index (χ2n) is 28.4. The van der Waals surface area contributed by atoms with E-state index < -0.39 is 193 Å². The average molecular weight is 1480 g/mol. The number of carboxylic acid groups (broad SMARTS) is 2. The first-order valence-corrected chi connectivity index (χ1v) is 37.0. The summed E-state index contributed by atoms with van der Waals surface area (Å²) in [4.78, 5) is 196. The van der Waals surface area contributed by atoms with Gasteiger partial charge in [-0.3, -0.25) is 62.3 Å². The molecule has 3 aliphatic heterocycles. The molecule has 3 heterocycles. The molecule has 2 aromatic carbocycles. The summed E-state index contributed by atoms with van der Waals surface area (Å²) in [6, 6.07) is -4.51. The second kappa shape index (κ2) is 45.9. The third-order valence-electron chi connectivity index (χ3n) is 18.8. The van der Waals surface area contributed by atoms with Gasteiger partial charge in [0.05, 0.1) is 6.10 Å². The lowest BCUT2D eigenvalue weighted by Gasteiger charge is -2.32. The number of amides is 11. The zero-order chi connectivity index (χ0) is 77.9. The quantitative estimate of drug-likeness (QED) is 0.0202. The molecule has 2 aromatic rings. The number of ether oxygens (including phenoxy) is 1. The lowest BCUT2D eigenvalue weighted by Crippen LogP contribution is -2.62. The van der Waals surface area contributed by atoms with Gasteiger partial charge in [0.25, 0.3) is 0 Å². The molecule has 0 aromatic heterocycles. The summed E-state index contributed by atoms with van der Waals surface area (Å²) in [6.45, 7) is 12.0. The maximum Gasteiger partial charge on any atom is 0.334 e. The number of phenolic OH excluding ortho intramolecular Hbond substituents is 1. The highest BCUT2D eigenvalue weighted by Gasteiger charge is 2.42. The second-order valence-corrected chi connectivity index (χ2v) is 28.4. The molecule has 1 fully saturated rings. The van der Waals surface area contributed by atoms with Gasteiger partial charge >= 0.3 is 17.9 Å². The van der Waals surface area contributed by atoms with Crippen molar-refractivity contribution in [3.63, 3.8) is 0 Å². The van der Waals surface area contributed by atoms with E-state index in [1.165, 1.54) is 80.6 Å². The number of carbonyl (C=O) groups is 14. The summed E-state index contributed by atoms with van der Waals surface area (Å²) < 4.78 is 5.84. The van der Waals surface area contributed by atoms with E-state index in [-0.39, 0.29) is 81.5 Å². The van der Waals surface area contributed by atoms with Gasteiger partial charge in [-0.1, -0.05) is 136 Å². The number of nitrogens with one attached hydrogen (secondary N) is 9. The van der Waals surface area contributed by atoms with Crippen molar-refractivity contribution in [2.75, 3.05) is 13.1 Å². The van der Waals surface area contributed by atoms with Gasteiger partial charge in [-0.05, 0) is 118 Å². The van der Waals surface area contributed by atoms with Gasteiger partial charge in [0.2, 0.25) is 65.0 Å². The number of fused-ring (bicyclic) bond motifs is 23. The summed E-state index contributed by atoms with van der Waals surface area (Å²) >= 11 is 0. The number of aliphatic carboxylic acids is 2. The van der Waals surface area contributed by atoms with Crippen LogP contribution in [0.5, 0.6) is 11.5 Å². The highest BCUT2D eigenvalue weighted by molar-refractivity contribution is 6.00. The summed E-state index contributed by atoms with van der Waals surface area (Å²) in [5.41, 5.74) is 12.1. The molecule has 3 aliphatic rings. The lowest BCUT2D eigenvalue weighted by atomic mass is 9.97. The van der Waals surface area contributed by atoms with Crippen LogP contribution in [0.25, 0.3) is 0 Å². The van der Waals surface area contributed by atoms with E-state index in [2.05, 4.69) is 61.7 Å². The van der Waals surface area contributed by atoms with Crippen LogP contribution >= 0.6 is 0 Å². The van der Waals surface area contributed by atoms with Gasteiger partial charge in [-0.15, -0.1) is 0 Å². The number of nitrogens with zero attached hydrogens (tertiary/aromatic N) is 1. The summed E-state index contributed by atoms with van der Waals surface area (Å²) in [7, 11) is 0. The molecule has 105 heavy (non-hydrogen) atoms. The highest BCUT2D eigenvalue weighted by atomic mass is 16.5. The van der Waals surface area contributed by atoms with Crippen LogP contribution in [-0.2, 0) is 80.0 Å². The molecule has 584 valence electrons. The van der Waals surface area contributed by atoms with E-state index in [4.69, 9.17) is 16.2 Å². The SMILES string of the molecule is CCC(C)[C@H]1NC(=O)[C@@H](Cc2ccc(O)cc2)NC(=O)[C@@H](CCC(N)=O)NC(=O)[C@@H]2CCCN2C(=O)[C@H](C(C)C)NC(=O)C(CCC(=O)O)NC(=O)C(C(C)O)NC(=O)[C@H](NC(=O)C(CCCN)NC(=O)[C@@H](CCC(=O)O)NC(=O)CCCCCCCCCCCCC(C)C)Cc2ccc(cc2)OC1=O. The van der Waals surface area contributed by atoms with Crippen molar-refractivity contribution in [2.45, 2.75) is 276 Å². The third kappa shape index (κ3) is 31.5. The summed E-state index contributed by atoms with van der Waals surface area (Å²) in [6.07, 6.45) is 6.48. The molecular weight excluding hydrogens is 1360 g/mol. The molecule has 17 N–H and O–H groups in total. The first-order valence-electron chi connectivity index (χ1n) is 37.0. The molecule has 0 spiro atoms. The number of carboxylic acids is 2. The maximum absolute atomic E-state index is 14.9. The zero-order valence-electron chi connectivity index (χ0n) is 61.8. The van der Waals surface area contributed by atoms with Gasteiger partial charge < -0.3 is 89.4 Å².